The summed E-state index contributed by atoms with van der Waals surface area (Å²) in [6, 6.07) is 3.75. The lowest BCUT2D eigenvalue weighted by Crippen LogP contribution is -2.07. The van der Waals surface area contributed by atoms with Crippen LogP contribution in [0.2, 0.25) is 0 Å². The molecule has 4 nitrogen and oxygen atoms in total. The molecule has 0 aromatic carbocycles. The van der Waals surface area contributed by atoms with Gasteiger partial charge in [-0.25, -0.2) is 4.98 Å². The van der Waals surface area contributed by atoms with Gasteiger partial charge in [-0.1, -0.05) is 0 Å². The zero-order valence-electron chi connectivity index (χ0n) is 9.72. The second-order valence-electron chi connectivity index (χ2n) is 3.61. The Hall–Kier alpha value is -1.46. The van der Waals surface area contributed by atoms with Crippen LogP contribution in [0.5, 0.6) is 5.75 Å². The Labute approximate surface area is 104 Å². The van der Waals surface area contributed by atoms with Crippen LogP contribution < -0.4 is 10.5 Å². The second-order valence-corrected chi connectivity index (χ2v) is 4.55. The molecule has 0 radical (unpaired) electrons. The Balaban J connectivity index is 1.92. The minimum atomic E-state index is 0.399. The van der Waals surface area contributed by atoms with Crippen LogP contribution in [0.4, 0.5) is 0 Å². The topological polar surface area (TPSA) is 61.0 Å². The minimum absolute atomic E-state index is 0.399. The highest BCUT2D eigenvalue weighted by atomic mass is 32.1. The van der Waals surface area contributed by atoms with Crippen molar-refractivity contribution in [3.8, 4) is 5.75 Å². The highest BCUT2D eigenvalue weighted by Gasteiger charge is 2.04. The fourth-order valence-electron chi connectivity index (χ4n) is 1.53. The molecule has 2 heterocycles. The lowest BCUT2D eigenvalue weighted by Gasteiger charge is -2.08. The van der Waals surface area contributed by atoms with E-state index in [4.69, 9.17) is 10.5 Å². The molecule has 2 N–H and O–H groups in total. The van der Waals surface area contributed by atoms with E-state index in [1.165, 1.54) is 4.88 Å². The summed E-state index contributed by atoms with van der Waals surface area (Å²) in [4.78, 5) is 9.64. The van der Waals surface area contributed by atoms with E-state index in [1.54, 1.807) is 17.5 Å². The summed E-state index contributed by atoms with van der Waals surface area (Å²) in [7, 11) is 0. The van der Waals surface area contributed by atoms with E-state index in [9.17, 15) is 0 Å². The monoisotopic (exact) mass is 249 g/mol. The Morgan fingerprint density at radius 1 is 1.41 bits per heavy atom. The lowest BCUT2D eigenvalue weighted by molar-refractivity contribution is 0.317. The fourth-order valence-corrected chi connectivity index (χ4v) is 2.29. The molecule has 17 heavy (non-hydrogen) atoms. The molecular weight excluding hydrogens is 234 g/mol. The Morgan fingerprint density at radius 3 is 3.00 bits per heavy atom. The maximum Gasteiger partial charge on any atom is 0.142 e. The van der Waals surface area contributed by atoms with E-state index in [1.807, 2.05) is 24.6 Å². The fraction of sp³-hybridized carbons (Fsp3) is 0.333. The number of aryl methyl sites for hydroxylation is 1. The third kappa shape index (κ3) is 3.01. The number of aromatic nitrogens is 2. The molecule has 2 aromatic rings. The quantitative estimate of drug-likeness (QED) is 0.879. The molecule has 0 aliphatic rings. The van der Waals surface area contributed by atoms with Crippen LogP contribution in [0.1, 0.15) is 16.3 Å². The summed E-state index contributed by atoms with van der Waals surface area (Å²) in [6.07, 6.45) is 2.60. The zero-order chi connectivity index (χ0) is 12.1. The van der Waals surface area contributed by atoms with Gasteiger partial charge in [-0.05, 0) is 19.1 Å². The van der Waals surface area contributed by atoms with Gasteiger partial charge in [-0.2, -0.15) is 0 Å². The van der Waals surface area contributed by atoms with Gasteiger partial charge < -0.3 is 10.5 Å². The zero-order valence-corrected chi connectivity index (χ0v) is 10.5. The number of hydrogen-bond donors (Lipinski definition) is 1. The van der Waals surface area contributed by atoms with Gasteiger partial charge in [0.15, 0.2) is 0 Å². The molecule has 5 heteroatoms. The minimum Gasteiger partial charge on any atom is -0.491 e. The van der Waals surface area contributed by atoms with Crippen LogP contribution in [0.15, 0.2) is 23.8 Å². The number of nitrogens with zero attached hydrogens (tertiary/aromatic N) is 2. The van der Waals surface area contributed by atoms with Crippen molar-refractivity contribution in [3.63, 3.8) is 0 Å². The summed E-state index contributed by atoms with van der Waals surface area (Å²) in [5, 5.41) is 0. The predicted octanol–water partition coefficient (Wildman–Crippen LogP) is 1.93. The molecule has 0 saturated heterocycles. The third-order valence-electron chi connectivity index (χ3n) is 2.47. The van der Waals surface area contributed by atoms with E-state index in [0.717, 1.165) is 23.6 Å². The number of rotatable bonds is 5. The van der Waals surface area contributed by atoms with Crippen LogP contribution in [-0.4, -0.2) is 16.6 Å². The average molecular weight is 249 g/mol. The number of pyridine rings is 1. The normalized spacial score (nSPS) is 10.5. The molecule has 0 aliphatic carbocycles. The first-order valence-electron chi connectivity index (χ1n) is 5.47. The van der Waals surface area contributed by atoms with Crippen molar-refractivity contribution in [2.24, 2.45) is 5.73 Å². The molecule has 0 unspecified atom stereocenters. The van der Waals surface area contributed by atoms with E-state index in [-0.39, 0.29) is 0 Å². The molecule has 0 amide bonds. The molecule has 0 saturated carbocycles. The average Bonchev–Trinajstić information content (AvgIpc) is 2.76. The van der Waals surface area contributed by atoms with E-state index >= 15 is 0 Å². The van der Waals surface area contributed by atoms with Crippen molar-refractivity contribution in [1.82, 2.24) is 9.97 Å². The number of ether oxygens (including phenoxy) is 1. The van der Waals surface area contributed by atoms with Crippen LogP contribution in [-0.2, 0) is 13.0 Å². The SMILES string of the molecule is Cc1ncsc1CCOc1cccnc1CN. The van der Waals surface area contributed by atoms with Gasteiger partial charge in [0.25, 0.3) is 0 Å². The lowest BCUT2D eigenvalue weighted by atomic mass is 10.3. The van der Waals surface area contributed by atoms with Crippen molar-refractivity contribution in [2.75, 3.05) is 6.61 Å². The van der Waals surface area contributed by atoms with Crippen LogP contribution in [0.25, 0.3) is 0 Å². The largest absolute Gasteiger partial charge is 0.491 e. The highest BCUT2D eigenvalue weighted by molar-refractivity contribution is 7.09. The molecule has 90 valence electrons. The first-order valence-corrected chi connectivity index (χ1v) is 6.35. The van der Waals surface area contributed by atoms with Gasteiger partial charge in [0.1, 0.15) is 5.75 Å². The number of hydrogen-bond acceptors (Lipinski definition) is 5. The van der Waals surface area contributed by atoms with Gasteiger partial charge in [0.05, 0.1) is 23.5 Å². The van der Waals surface area contributed by atoms with Crippen LogP contribution >= 0.6 is 11.3 Å². The molecule has 0 aliphatic heterocycles. The van der Waals surface area contributed by atoms with Crippen LogP contribution in [0, 0.1) is 6.92 Å². The summed E-state index contributed by atoms with van der Waals surface area (Å²) >= 11 is 1.66. The van der Waals surface area contributed by atoms with Crippen molar-refractivity contribution in [2.45, 2.75) is 19.9 Å². The molecule has 0 fully saturated rings. The number of nitrogens with two attached hydrogens (primary N) is 1. The molecule has 0 atom stereocenters. The highest BCUT2D eigenvalue weighted by Crippen LogP contribution is 2.17. The van der Waals surface area contributed by atoms with Gasteiger partial charge in [-0.3, -0.25) is 4.98 Å². The maximum absolute atomic E-state index is 5.69. The molecular formula is C12H15N3OS. The van der Waals surface area contributed by atoms with Crippen molar-refractivity contribution in [3.05, 3.63) is 40.1 Å². The first kappa shape index (κ1) is 12.0. The predicted molar refractivity (Wildman–Crippen MR) is 68.2 cm³/mol. The summed E-state index contributed by atoms with van der Waals surface area (Å²) in [5.41, 5.74) is 9.34. The van der Waals surface area contributed by atoms with Crippen LogP contribution in [0.3, 0.4) is 0 Å². The standard InChI is InChI=1S/C12H15N3OS/c1-9-12(17-8-15-9)4-6-16-11-3-2-5-14-10(11)7-13/h2-3,5,8H,4,6-7,13H2,1H3. The van der Waals surface area contributed by atoms with Gasteiger partial charge in [-0.15, -0.1) is 11.3 Å². The number of thiazole rings is 1. The van der Waals surface area contributed by atoms with Gasteiger partial charge in [0.2, 0.25) is 0 Å². The molecule has 2 aromatic heterocycles. The second kappa shape index (κ2) is 5.75. The van der Waals surface area contributed by atoms with E-state index in [0.29, 0.717) is 13.2 Å². The summed E-state index contributed by atoms with van der Waals surface area (Å²) in [5.74, 6) is 0.775. The Morgan fingerprint density at radius 2 is 2.29 bits per heavy atom. The van der Waals surface area contributed by atoms with Gasteiger partial charge in [0, 0.05) is 24.0 Å². The summed E-state index contributed by atoms with van der Waals surface area (Å²) in [6.45, 7) is 3.04. The van der Waals surface area contributed by atoms with E-state index in [2.05, 4.69) is 9.97 Å². The maximum atomic E-state index is 5.69. The Bertz CT molecular complexity index is 484. The van der Waals surface area contributed by atoms with Crippen molar-refractivity contribution in [1.29, 1.82) is 0 Å². The smallest absolute Gasteiger partial charge is 0.142 e. The van der Waals surface area contributed by atoms with Gasteiger partial charge >= 0.3 is 0 Å². The molecule has 0 spiro atoms. The van der Waals surface area contributed by atoms with Crippen molar-refractivity contribution >= 4 is 11.3 Å². The molecule has 2 rings (SSSR count). The first-order chi connectivity index (χ1) is 8.31. The Kier molecular flexibility index (Phi) is 4.06. The molecule has 0 bridgehead atoms. The van der Waals surface area contributed by atoms with Crippen molar-refractivity contribution < 1.29 is 4.74 Å². The van der Waals surface area contributed by atoms with E-state index < -0.39 is 0 Å². The summed E-state index contributed by atoms with van der Waals surface area (Å²) < 4.78 is 5.69. The third-order valence-corrected chi connectivity index (χ3v) is 3.47.